The summed E-state index contributed by atoms with van der Waals surface area (Å²) in [6, 6.07) is 0. The van der Waals surface area contributed by atoms with Crippen LogP contribution in [-0.2, 0) is 38.0 Å². The zero-order valence-electron chi connectivity index (χ0n) is 33.5. The highest BCUT2D eigenvalue weighted by Crippen LogP contribution is 2.89. The molecule has 3 saturated heterocycles. The minimum atomic E-state index is -1.72. The summed E-state index contributed by atoms with van der Waals surface area (Å²) in [7, 11) is 0. The molecule has 0 aromatic heterocycles. The van der Waals surface area contributed by atoms with Crippen LogP contribution in [0.2, 0.25) is 0 Å². The fourth-order valence-corrected chi connectivity index (χ4v) is 14.6. The highest BCUT2D eigenvalue weighted by atomic mass is 16.8. The van der Waals surface area contributed by atoms with Crippen LogP contribution in [-0.4, -0.2) is 136 Å². The number of rotatable bonds is 8. The second kappa shape index (κ2) is 14.0. The first kappa shape index (κ1) is 40.8. The summed E-state index contributed by atoms with van der Waals surface area (Å²) < 4.78 is 43.5. The van der Waals surface area contributed by atoms with Crippen molar-refractivity contribution in [1.29, 1.82) is 0 Å². The Balaban J connectivity index is 1.06. The molecule has 8 rings (SSSR count). The zero-order chi connectivity index (χ0) is 39.6. The number of ether oxygens (including phenoxy) is 7. The van der Waals surface area contributed by atoms with Gasteiger partial charge in [0.2, 0.25) is 0 Å². The van der Waals surface area contributed by atoms with Gasteiger partial charge in [0.15, 0.2) is 18.9 Å². The Morgan fingerprint density at radius 3 is 2.29 bits per heavy atom. The molecule has 3 aliphatic heterocycles. The van der Waals surface area contributed by atoms with E-state index in [0.29, 0.717) is 30.8 Å². The first-order valence-electron chi connectivity index (χ1n) is 20.9. The molecular formula is C41H66O14. The van der Waals surface area contributed by atoms with Crippen LogP contribution in [0.1, 0.15) is 99.8 Å². The minimum absolute atomic E-state index is 0.0117. The van der Waals surface area contributed by atoms with Gasteiger partial charge in [-0.15, -0.1) is 0 Å². The highest BCUT2D eigenvalue weighted by Gasteiger charge is 2.85. The third kappa shape index (κ3) is 5.89. The Hall–Kier alpha value is -1.01. The van der Waals surface area contributed by atoms with E-state index in [9.17, 15) is 35.4 Å². The second-order valence-electron chi connectivity index (χ2n) is 19.8. The van der Waals surface area contributed by atoms with Crippen molar-refractivity contribution < 1.29 is 68.6 Å². The van der Waals surface area contributed by atoms with Crippen molar-refractivity contribution in [3.05, 3.63) is 0 Å². The first-order chi connectivity index (χ1) is 25.9. The van der Waals surface area contributed by atoms with Crippen molar-refractivity contribution in [3.63, 3.8) is 0 Å². The van der Waals surface area contributed by atoms with Gasteiger partial charge in [0.1, 0.15) is 48.8 Å². The molecule has 6 N–H and O–H groups in total. The van der Waals surface area contributed by atoms with E-state index >= 15 is 0 Å². The fourth-order valence-electron chi connectivity index (χ4n) is 14.6. The predicted molar refractivity (Wildman–Crippen MR) is 193 cm³/mol. The van der Waals surface area contributed by atoms with Crippen molar-refractivity contribution in [2.45, 2.75) is 180 Å². The van der Waals surface area contributed by atoms with Crippen LogP contribution in [0, 0.1) is 50.7 Å². The normalized spacial score (nSPS) is 56.6. The van der Waals surface area contributed by atoms with Gasteiger partial charge >= 0.3 is 5.97 Å². The topological polar surface area (TPSA) is 203 Å². The Morgan fingerprint density at radius 2 is 1.60 bits per heavy atom. The van der Waals surface area contributed by atoms with E-state index in [1.54, 1.807) is 0 Å². The second-order valence-corrected chi connectivity index (χ2v) is 19.8. The van der Waals surface area contributed by atoms with Crippen LogP contribution in [0.15, 0.2) is 0 Å². The van der Waals surface area contributed by atoms with Gasteiger partial charge in [-0.3, -0.25) is 4.79 Å². The number of aliphatic hydroxyl groups is 6. The van der Waals surface area contributed by atoms with Crippen LogP contribution in [0.5, 0.6) is 0 Å². The third-order valence-corrected chi connectivity index (χ3v) is 17.1. The summed E-state index contributed by atoms with van der Waals surface area (Å²) in [5.41, 5.74) is -0.401. The molecule has 21 atom stereocenters. The van der Waals surface area contributed by atoms with E-state index in [-0.39, 0.29) is 58.7 Å². The lowest BCUT2D eigenvalue weighted by atomic mass is 9.41. The molecule has 3 heterocycles. The summed E-state index contributed by atoms with van der Waals surface area (Å²) in [6.07, 6.45) is -6.41. The maximum Gasteiger partial charge on any atom is 0.302 e. The molecule has 14 heteroatoms. The van der Waals surface area contributed by atoms with Crippen LogP contribution < -0.4 is 0 Å². The monoisotopic (exact) mass is 782 g/mol. The van der Waals surface area contributed by atoms with Gasteiger partial charge in [0.25, 0.3) is 0 Å². The van der Waals surface area contributed by atoms with Gasteiger partial charge in [0.05, 0.1) is 25.4 Å². The standard InChI is InChI=1S/C41H66O14/c1-8-49-27-13-19(2)28-23(52-27)15-39(7)25-14-22(51-20(3)43)34-37(4,5)26(9-10-41(34)18-40(25,41)12-11-38(28,39)6)54-36-33(29(45)21(44)17-50-36)55-35-32(48)31(47)30(46)24(16-42)53-35/h19,21-36,42,44-48H,8-18H2,1-7H3. The van der Waals surface area contributed by atoms with E-state index in [2.05, 4.69) is 34.6 Å². The van der Waals surface area contributed by atoms with E-state index in [0.717, 1.165) is 44.9 Å². The molecule has 0 bridgehead atoms. The van der Waals surface area contributed by atoms with E-state index in [1.165, 1.54) is 6.92 Å². The van der Waals surface area contributed by atoms with Crippen molar-refractivity contribution in [1.82, 2.24) is 0 Å². The lowest BCUT2D eigenvalue weighted by Gasteiger charge is -2.64. The van der Waals surface area contributed by atoms with E-state index < -0.39 is 73.4 Å². The average molecular weight is 783 g/mol. The molecule has 21 unspecified atom stereocenters. The number of esters is 1. The summed E-state index contributed by atoms with van der Waals surface area (Å²) in [5.74, 6) is 0.959. The van der Waals surface area contributed by atoms with Crippen molar-refractivity contribution >= 4 is 5.97 Å². The maximum absolute atomic E-state index is 12.9. The number of fused-ring (bicyclic) bond motifs is 4. The molecule has 0 radical (unpaired) electrons. The average Bonchev–Trinajstić information content (AvgIpc) is 3.70. The molecule has 0 aromatic rings. The Bertz CT molecular complexity index is 1450. The van der Waals surface area contributed by atoms with Gasteiger partial charge in [0, 0.05) is 25.9 Å². The van der Waals surface area contributed by atoms with E-state index in [4.69, 9.17) is 33.2 Å². The van der Waals surface area contributed by atoms with Gasteiger partial charge in [-0.25, -0.2) is 0 Å². The molecular weight excluding hydrogens is 716 g/mol. The first-order valence-corrected chi connectivity index (χ1v) is 20.9. The number of carbonyl (C=O) groups excluding carboxylic acids is 1. The van der Waals surface area contributed by atoms with Gasteiger partial charge in [-0.1, -0.05) is 34.6 Å². The van der Waals surface area contributed by atoms with Crippen molar-refractivity contribution in [3.8, 4) is 0 Å². The highest BCUT2D eigenvalue weighted by molar-refractivity contribution is 5.66. The van der Waals surface area contributed by atoms with Gasteiger partial charge in [-0.2, -0.15) is 0 Å². The van der Waals surface area contributed by atoms with E-state index in [1.807, 2.05) is 6.92 Å². The Morgan fingerprint density at radius 1 is 0.855 bits per heavy atom. The Labute approximate surface area is 324 Å². The number of hydrogen-bond acceptors (Lipinski definition) is 14. The largest absolute Gasteiger partial charge is 0.462 e. The lowest BCUT2D eigenvalue weighted by Crippen LogP contribution is -2.64. The summed E-state index contributed by atoms with van der Waals surface area (Å²) in [5, 5.41) is 62.9. The quantitative estimate of drug-likeness (QED) is 0.154. The molecule has 2 spiro atoms. The van der Waals surface area contributed by atoms with Crippen LogP contribution in [0.3, 0.4) is 0 Å². The summed E-state index contributed by atoms with van der Waals surface area (Å²) >= 11 is 0. The number of aliphatic hydroxyl groups excluding tert-OH is 6. The summed E-state index contributed by atoms with van der Waals surface area (Å²) in [6.45, 7) is 15.0. The maximum atomic E-state index is 12.9. The molecule has 0 aromatic carbocycles. The van der Waals surface area contributed by atoms with Crippen LogP contribution >= 0.6 is 0 Å². The Kier molecular flexibility index (Phi) is 10.4. The smallest absolute Gasteiger partial charge is 0.302 e. The van der Waals surface area contributed by atoms with Crippen LogP contribution in [0.25, 0.3) is 0 Å². The molecule has 55 heavy (non-hydrogen) atoms. The molecule has 0 amide bonds. The fraction of sp³-hybridized carbons (Fsp3) is 0.976. The minimum Gasteiger partial charge on any atom is -0.462 e. The number of hydrogen-bond donors (Lipinski definition) is 6. The molecule has 8 fully saturated rings. The molecule has 314 valence electrons. The summed E-state index contributed by atoms with van der Waals surface area (Å²) in [4.78, 5) is 12.9. The van der Waals surface area contributed by atoms with Crippen molar-refractivity contribution in [2.75, 3.05) is 19.8 Å². The molecule has 8 aliphatic rings. The molecule has 14 nitrogen and oxygen atoms in total. The SMILES string of the molecule is CCOC1CC(C)C2C(CC3(C)C4CC(OC(C)=O)C5C(C)(C)C(OC6OCC(O)C(O)C6OC6OC(CO)C(O)C(O)C6O)CCC56CC46CCC23C)O1. The predicted octanol–water partition coefficient (Wildman–Crippen LogP) is 2.01. The molecule has 5 aliphatic carbocycles. The van der Waals surface area contributed by atoms with Gasteiger partial charge in [-0.05, 0) is 96.7 Å². The third-order valence-electron chi connectivity index (χ3n) is 17.1. The van der Waals surface area contributed by atoms with Crippen LogP contribution in [0.4, 0.5) is 0 Å². The number of carbonyl (C=O) groups is 1. The van der Waals surface area contributed by atoms with Gasteiger partial charge < -0.3 is 63.8 Å². The molecule has 5 saturated carbocycles. The lowest BCUT2D eigenvalue weighted by molar-refractivity contribution is -0.366. The van der Waals surface area contributed by atoms with Crippen molar-refractivity contribution in [2.24, 2.45) is 50.7 Å². The zero-order valence-corrected chi connectivity index (χ0v) is 33.5.